The molecular formula is C25H24F4N2O. The van der Waals surface area contributed by atoms with Crippen molar-refractivity contribution in [2.45, 2.75) is 56.2 Å². The van der Waals surface area contributed by atoms with Gasteiger partial charge in [0.05, 0.1) is 17.4 Å². The van der Waals surface area contributed by atoms with E-state index < -0.39 is 17.2 Å². The van der Waals surface area contributed by atoms with Crippen LogP contribution in [0.4, 0.5) is 17.6 Å². The van der Waals surface area contributed by atoms with Gasteiger partial charge in [-0.2, -0.15) is 18.3 Å². The minimum Gasteiger partial charge on any atom is -0.380 e. The first kappa shape index (κ1) is 21.2. The number of alkyl halides is 3. The molecule has 1 heterocycles. The summed E-state index contributed by atoms with van der Waals surface area (Å²) in [6.45, 7) is 2.02. The Morgan fingerprint density at radius 1 is 1.16 bits per heavy atom. The van der Waals surface area contributed by atoms with E-state index >= 15 is 0 Å². The maximum atomic E-state index is 13.6. The third-order valence-electron chi connectivity index (χ3n) is 7.57. The van der Waals surface area contributed by atoms with Crippen LogP contribution >= 0.6 is 0 Å². The van der Waals surface area contributed by atoms with Crippen molar-refractivity contribution in [3.05, 3.63) is 65.6 Å². The standard InChI is InChI=1S/C25H24F4N2O/c1-2-23-10-11-24(32,25(27,28)29)14-18(23)5-3-4-16-13-22-17(12-21(16)23)15-30-31(22)20-8-6-19(26)7-9-20/h3-4,6-9,12-13,15,18,32H,2,5,10-11,14H2,1H3/t18-,23-,24-/m1/s1. The van der Waals surface area contributed by atoms with Gasteiger partial charge in [0.15, 0.2) is 5.60 Å². The minimum absolute atomic E-state index is 0.274. The van der Waals surface area contributed by atoms with E-state index in [0.717, 1.165) is 27.7 Å². The topological polar surface area (TPSA) is 38.1 Å². The SMILES string of the molecule is CC[C@@]12CC[C@](O)(C(F)(F)F)C[C@H]1CC=Cc1cc3c(cnn3-c3ccc(F)cc3)cc12. The van der Waals surface area contributed by atoms with Crippen LogP contribution in [0.2, 0.25) is 0 Å². The summed E-state index contributed by atoms with van der Waals surface area (Å²) in [6.07, 6.45) is 1.86. The van der Waals surface area contributed by atoms with Crippen LogP contribution in [0.25, 0.3) is 22.7 Å². The first-order valence-corrected chi connectivity index (χ1v) is 10.9. The fourth-order valence-electron chi connectivity index (χ4n) is 5.72. The quantitative estimate of drug-likeness (QED) is 0.470. The molecular weight excluding hydrogens is 420 g/mol. The van der Waals surface area contributed by atoms with E-state index in [1.54, 1.807) is 23.0 Å². The second kappa shape index (κ2) is 7.17. The molecule has 3 atom stereocenters. The Morgan fingerprint density at radius 3 is 2.59 bits per heavy atom. The predicted octanol–water partition coefficient (Wildman–Crippen LogP) is 6.32. The van der Waals surface area contributed by atoms with Gasteiger partial charge in [-0.1, -0.05) is 19.1 Å². The van der Waals surface area contributed by atoms with E-state index in [0.29, 0.717) is 12.8 Å². The summed E-state index contributed by atoms with van der Waals surface area (Å²) in [7, 11) is 0. The van der Waals surface area contributed by atoms with Crippen molar-refractivity contribution < 1.29 is 22.7 Å². The maximum Gasteiger partial charge on any atom is 0.417 e. The smallest absolute Gasteiger partial charge is 0.380 e. The number of nitrogens with zero attached hydrogens (tertiary/aromatic N) is 2. The number of allylic oxidation sites excluding steroid dienone is 1. The van der Waals surface area contributed by atoms with E-state index in [4.69, 9.17) is 0 Å². The molecule has 1 saturated carbocycles. The van der Waals surface area contributed by atoms with Gasteiger partial charge >= 0.3 is 6.18 Å². The number of hydrogen-bond donors (Lipinski definition) is 1. The zero-order valence-corrected chi connectivity index (χ0v) is 17.7. The average molecular weight is 444 g/mol. The van der Waals surface area contributed by atoms with Crippen molar-refractivity contribution >= 4 is 17.0 Å². The molecule has 2 aliphatic carbocycles. The lowest BCUT2D eigenvalue weighted by Crippen LogP contribution is -2.54. The Labute approximate surface area is 183 Å². The van der Waals surface area contributed by atoms with Crippen molar-refractivity contribution in [3.63, 3.8) is 0 Å². The zero-order valence-electron chi connectivity index (χ0n) is 17.7. The van der Waals surface area contributed by atoms with Crippen LogP contribution in [0.3, 0.4) is 0 Å². The van der Waals surface area contributed by atoms with E-state index in [9.17, 15) is 22.7 Å². The molecule has 2 aromatic carbocycles. The number of rotatable bonds is 2. The second-order valence-corrected chi connectivity index (χ2v) is 9.11. The van der Waals surface area contributed by atoms with E-state index in [1.807, 2.05) is 31.2 Å². The van der Waals surface area contributed by atoms with Crippen molar-refractivity contribution in [2.24, 2.45) is 5.92 Å². The van der Waals surface area contributed by atoms with E-state index in [2.05, 4.69) is 5.10 Å². The number of aliphatic hydroxyl groups is 1. The van der Waals surface area contributed by atoms with Crippen molar-refractivity contribution in [1.82, 2.24) is 9.78 Å². The molecule has 0 radical (unpaired) electrons. The lowest BCUT2D eigenvalue weighted by atomic mass is 9.56. The molecule has 0 unspecified atom stereocenters. The Hall–Kier alpha value is -2.67. The third kappa shape index (κ3) is 3.09. The largest absolute Gasteiger partial charge is 0.417 e. The summed E-state index contributed by atoms with van der Waals surface area (Å²) in [4.78, 5) is 0. The molecule has 0 aliphatic heterocycles. The Kier molecular flexibility index (Phi) is 4.75. The summed E-state index contributed by atoms with van der Waals surface area (Å²) in [5.41, 5.74) is 0.494. The molecule has 0 bridgehead atoms. The summed E-state index contributed by atoms with van der Waals surface area (Å²) < 4.78 is 55.9. The fourth-order valence-corrected chi connectivity index (χ4v) is 5.72. The predicted molar refractivity (Wildman–Crippen MR) is 115 cm³/mol. The monoisotopic (exact) mass is 444 g/mol. The van der Waals surface area contributed by atoms with E-state index in [-0.39, 0.29) is 31.0 Å². The molecule has 5 rings (SSSR count). The fraction of sp³-hybridized carbons (Fsp3) is 0.400. The van der Waals surface area contributed by atoms with Gasteiger partial charge in [-0.15, -0.1) is 0 Å². The molecule has 0 amide bonds. The van der Waals surface area contributed by atoms with Gasteiger partial charge in [0.1, 0.15) is 5.82 Å². The summed E-state index contributed by atoms with van der Waals surface area (Å²) in [6, 6.07) is 10.1. The lowest BCUT2D eigenvalue weighted by Gasteiger charge is -2.50. The highest BCUT2D eigenvalue weighted by atomic mass is 19.4. The van der Waals surface area contributed by atoms with Crippen molar-refractivity contribution in [2.75, 3.05) is 0 Å². The van der Waals surface area contributed by atoms with Crippen LogP contribution < -0.4 is 0 Å². The average Bonchev–Trinajstić information content (AvgIpc) is 3.09. The van der Waals surface area contributed by atoms with Crippen molar-refractivity contribution in [1.29, 1.82) is 0 Å². The Bertz CT molecular complexity index is 1200. The highest BCUT2D eigenvalue weighted by Gasteiger charge is 2.60. The molecule has 0 saturated heterocycles. The molecule has 1 fully saturated rings. The Balaban J connectivity index is 1.63. The first-order valence-electron chi connectivity index (χ1n) is 10.9. The normalized spacial score (nSPS) is 27.8. The molecule has 1 aromatic heterocycles. The maximum absolute atomic E-state index is 13.6. The van der Waals surface area contributed by atoms with Gasteiger partial charge < -0.3 is 5.11 Å². The number of benzene rings is 2. The van der Waals surface area contributed by atoms with Gasteiger partial charge in [-0.3, -0.25) is 0 Å². The lowest BCUT2D eigenvalue weighted by molar-refractivity contribution is -0.279. The molecule has 168 valence electrons. The van der Waals surface area contributed by atoms with Crippen molar-refractivity contribution in [3.8, 4) is 5.69 Å². The summed E-state index contributed by atoms with van der Waals surface area (Å²) >= 11 is 0. The number of halogens is 4. The van der Waals surface area contributed by atoms with Crippen LogP contribution in [-0.4, -0.2) is 26.7 Å². The minimum atomic E-state index is -4.63. The van der Waals surface area contributed by atoms with Crippen LogP contribution in [0, 0.1) is 11.7 Å². The van der Waals surface area contributed by atoms with Gasteiger partial charge in [0.2, 0.25) is 0 Å². The zero-order chi connectivity index (χ0) is 22.7. The van der Waals surface area contributed by atoms with Gasteiger partial charge in [-0.05, 0) is 91.0 Å². The van der Waals surface area contributed by atoms with E-state index in [1.165, 1.54) is 12.1 Å². The second-order valence-electron chi connectivity index (χ2n) is 9.11. The molecule has 3 aromatic rings. The summed E-state index contributed by atoms with van der Waals surface area (Å²) in [5, 5.41) is 15.8. The first-order chi connectivity index (χ1) is 15.2. The molecule has 2 aliphatic rings. The van der Waals surface area contributed by atoms with Crippen LogP contribution in [0.1, 0.15) is 50.2 Å². The number of aromatic nitrogens is 2. The van der Waals surface area contributed by atoms with Gasteiger partial charge in [0.25, 0.3) is 0 Å². The van der Waals surface area contributed by atoms with Crippen LogP contribution in [0.15, 0.2) is 48.7 Å². The van der Waals surface area contributed by atoms with Crippen LogP contribution in [-0.2, 0) is 5.41 Å². The number of hydrogen-bond acceptors (Lipinski definition) is 2. The molecule has 7 heteroatoms. The van der Waals surface area contributed by atoms with Gasteiger partial charge in [0, 0.05) is 5.39 Å². The molecule has 32 heavy (non-hydrogen) atoms. The number of fused-ring (bicyclic) bond motifs is 4. The molecule has 1 N–H and O–H groups in total. The summed E-state index contributed by atoms with van der Waals surface area (Å²) in [5.74, 6) is -0.635. The molecule has 0 spiro atoms. The third-order valence-corrected chi connectivity index (χ3v) is 7.57. The molecule has 3 nitrogen and oxygen atoms in total. The van der Waals surface area contributed by atoms with Gasteiger partial charge in [-0.25, -0.2) is 9.07 Å². The highest BCUT2D eigenvalue weighted by Crippen LogP contribution is 2.56. The highest BCUT2D eigenvalue weighted by molar-refractivity contribution is 5.85. The van der Waals surface area contributed by atoms with Crippen LogP contribution in [0.5, 0.6) is 0 Å². The Morgan fingerprint density at radius 2 is 1.91 bits per heavy atom.